The van der Waals surface area contributed by atoms with E-state index in [9.17, 15) is 9.59 Å². The molecular weight excluding hydrogens is 495 g/mol. The van der Waals surface area contributed by atoms with Crippen molar-refractivity contribution in [2.24, 2.45) is 0 Å². The van der Waals surface area contributed by atoms with Crippen molar-refractivity contribution in [1.82, 2.24) is 20.4 Å². The first-order valence-electron chi connectivity index (χ1n) is 11.6. The second-order valence-electron chi connectivity index (χ2n) is 8.54. The van der Waals surface area contributed by atoms with Gasteiger partial charge in [0.15, 0.2) is 0 Å². The van der Waals surface area contributed by atoms with Crippen molar-refractivity contribution in [3.05, 3.63) is 107 Å². The Morgan fingerprint density at radius 2 is 0.917 bits per heavy atom. The molecule has 8 heteroatoms. The minimum Gasteiger partial charge on any atom is -0.351 e. The van der Waals surface area contributed by atoms with E-state index in [4.69, 9.17) is 0 Å². The summed E-state index contributed by atoms with van der Waals surface area (Å²) in [5.74, 6) is -0.273. The molecule has 0 atom stereocenters. The standard InChI is InChI=1S/C28H34N4O2.2ClH/c1-31(21-23-9-5-3-6-10-23)19-17-29-27(33)25-13-15-26(16-14-25)28(34)30-18-20-32(2)22-24-11-7-4-8-12-24;;/h3-16H,17-22H2,1-2H3,(H,29,33)(H,30,34);2*1H. The largest absolute Gasteiger partial charge is 0.351 e. The van der Waals surface area contributed by atoms with Crippen molar-refractivity contribution < 1.29 is 9.59 Å². The summed E-state index contributed by atoms with van der Waals surface area (Å²) in [7, 11) is 4.07. The van der Waals surface area contributed by atoms with Crippen LogP contribution in [0.4, 0.5) is 0 Å². The molecule has 194 valence electrons. The monoisotopic (exact) mass is 530 g/mol. The second kappa shape index (κ2) is 16.7. The zero-order valence-corrected chi connectivity index (χ0v) is 22.5. The van der Waals surface area contributed by atoms with E-state index in [0.29, 0.717) is 24.2 Å². The van der Waals surface area contributed by atoms with E-state index in [-0.39, 0.29) is 36.6 Å². The quantitative estimate of drug-likeness (QED) is 0.367. The number of carbonyl (C=O) groups excluding carboxylic acids is 2. The van der Waals surface area contributed by atoms with E-state index in [1.54, 1.807) is 24.3 Å². The summed E-state index contributed by atoms with van der Waals surface area (Å²) >= 11 is 0. The van der Waals surface area contributed by atoms with E-state index in [2.05, 4.69) is 44.7 Å². The van der Waals surface area contributed by atoms with E-state index in [1.807, 2.05) is 50.5 Å². The molecule has 0 saturated heterocycles. The number of likely N-dealkylation sites (N-methyl/N-ethyl adjacent to an activating group) is 2. The van der Waals surface area contributed by atoms with Crippen LogP contribution in [-0.2, 0) is 13.1 Å². The molecule has 0 aliphatic carbocycles. The van der Waals surface area contributed by atoms with Gasteiger partial charge in [0, 0.05) is 50.4 Å². The van der Waals surface area contributed by atoms with Gasteiger partial charge in [-0.05, 0) is 49.5 Å². The normalized spacial score (nSPS) is 10.3. The Labute approximate surface area is 226 Å². The van der Waals surface area contributed by atoms with Crippen LogP contribution < -0.4 is 10.6 Å². The van der Waals surface area contributed by atoms with E-state index >= 15 is 0 Å². The maximum Gasteiger partial charge on any atom is 0.251 e. The number of nitrogens with one attached hydrogen (secondary N) is 2. The fraction of sp³-hybridized carbons (Fsp3) is 0.286. The predicted octanol–water partition coefficient (Wildman–Crippen LogP) is 4.25. The summed E-state index contributed by atoms with van der Waals surface area (Å²) in [5, 5.41) is 5.89. The van der Waals surface area contributed by atoms with Gasteiger partial charge in [-0.25, -0.2) is 0 Å². The summed E-state index contributed by atoms with van der Waals surface area (Å²) in [6.07, 6.45) is 0. The van der Waals surface area contributed by atoms with Crippen molar-refractivity contribution in [3.8, 4) is 0 Å². The fourth-order valence-electron chi connectivity index (χ4n) is 3.65. The Bertz CT molecular complexity index is 950. The molecule has 0 fully saturated rings. The molecule has 2 N–H and O–H groups in total. The molecule has 0 heterocycles. The molecule has 36 heavy (non-hydrogen) atoms. The lowest BCUT2D eigenvalue weighted by atomic mass is 10.1. The molecule has 6 nitrogen and oxygen atoms in total. The van der Waals surface area contributed by atoms with Crippen LogP contribution in [0.2, 0.25) is 0 Å². The molecule has 0 spiro atoms. The number of hydrogen-bond donors (Lipinski definition) is 2. The van der Waals surface area contributed by atoms with Crippen molar-refractivity contribution in [3.63, 3.8) is 0 Å². The highest BCUT2D eigenvalue weighted by Gasteiger charge is 2.10. The summed E-state index contributed by atoms with van der Waals surface area (Å²) in [6, 6.07) is 27.3. The lowest BCUT2D eigenvalue weighted by Crippen LogP contribution is -2.33. The van der Waals surface area contributed by atoms with Crippen molar-refractivity contribution in [1.29, 1.82) is 0 Å². The molecule has 0 aliphatic heterocycles. The second-order valence-corrected chi connectivity index (χ2v) is 8.54. The topological polar surface area (TPSA) is 64.7 Å². The highest BCUT2D eigenvalue weighted by atomic mass is 35.5. The van der Waals surface area contributed by atoms with Crippen molar-refractivity contribution in [2.75, 3.05) is 40.3 Å². The highest BCUT2D eigenvalue weighted by Crippen LogP contribution is 2.06. The summed E-state index contributed by atoms with van der Waals surface area (Å²) in [6.45, 7) is 4.28. The number of benzene rings is 3. The molecule has 3 aromatic carbocycles. The first kappa shape index (κ1) is 31.1. The summed E-state index contributed by atoms with van der Waals surface area (Å²) in [4.78, 5) is 29.2. The van der Waals surface area contributed by atoms with Gasteiger partial charge in [0.1, 0.15) is 0 Å². The van der Waals surface area contributed by atoms with E-state index < -0.39 is 0 Å². The minimum absolute atomic E-state index is 0. The van der Waals surface area contributed by atoms with Gasteiger partial charge >= 0.3 is 0 Å². The first-order chi connectivity index (χ1) is 16.5. The van der Waals surface area contributed by atoms with Crippen LogP contribution in [0.15, 0.2) is 84.9 Å². The predicted molar refractivity (Wildman–Crippen MR) is 151 cm³/mol. The number of carbonyl (C=O) groups is 2. The minimum atomic E-state index is -0.136. The molecule has 0 saturated carbocycles. The Balaban J connectivity index is 0.00000324. The van der Waals surface area contributed by atoms with Gasteiger partial charge in [0.25, 0.3) is 11.8 Å². The third-order valence-corrected chi connectivity index (χ3v) is 5.56. The summed E-state index contributed by atoms with van der Waals surface area (Å²) in [5.41, 5.74) is 3.58. The average molecular weight is 532 g/mol. The van der Waals surface area contributed by atoms with Gasteiger partial charge in [-0.2, -0.15) is 0 Å². The SMILES string of the molecule is CN(CCNC(=O)c1ccc(C(=O)NCCN(C)Cc2ccccc2)cc1)Cc1ccccc1.Cl.Cl. The Morgan fingerprint density at radius 1 is 0.583 bits per heavy atom. The zero-order chi connectivity index (χ0) is 24.2. The smallest absolute Gasteiger partial charge is 0.251 e. The van der Waals surface area contributed by atoms with Gasteiger partial charge in [-0.1, -0.05) is 60.7 Å². The maximum absolute atomic E-state index is 12.4. The van der Waals surface area contributed by atoms with E-state index in [0.717, 1.165) is 26.2 Å². The molecule has 0 bridgehead atoms. The van der Waals surface area contributed by atoms with Crippen LogP contribution in [-0.4, -0.2) is 61.9 Å². The molecule has 3 aromatic rings. The molecule has 0 aliphatic rings. The zero-order valence-electron chi connectivity index (χ0n) is 20.9. The highest BCUT2D eigenvalue weighted by molar-refractivity contribution is 5.97. The number of hydrogen-bond acceptors (Lipinski definition) is 4. The Hall–Kier alpha value is -2.90. The van der Waals surface area contributed by atoms with E-state index in [1.165, 1.54) is 11.1 Å². The lowest BCUT2D eigenvalue weighted by molar-refractivity contribution is 0.0937. The maximum atomic E-state index is 12.4. The number of nitrogens with zero attached hydrogens (tertiary/aromatic N) is 2. The van der Waals surface area contributed by atoms with Crippen LogP contribution in [0.1, 0.15) is 31.8 Å². The van der Waals surface area contributed by atoms with Gasteiger partial charge in [-0.3, -0.25) is 9.59 Å². The molecule has 0 aromatic heterocycles. The molecule has 0 radical (unpaired) electrons. The molecule has 0 unspecified atom stereocenters. The van der Waals surface area contributed by atoms with Gasteiger partial charge in [0.05, 0.1) is 0 Å². The number of halogens is 2. The summed E-state index contributed by atoms with van der Waals surface area (Å²) < 4.78 is 0. The van der Waals surface area contributed by atoms with Crippen LogP contribution >= 0.6 is 24.8 Å². The van der Waals surface area contributed by atoms with Gasteiger partial charge < -0.3 is 20.4 Å². The van der Waals surface area contributed by atoms with Gasteiger partial charge in [-0.15, -0.1) is 24.8 Å². The van der Waals surface area contributed by atoms with Gasteiger partial charge in [0.2, 0.25) is 0 Å². The molecule has 3 rings (SSSR count). The molecular formula is C28H36Cl2N4O2. The average Bonchev–Trinajstić information content (AvgIpc) is 2.85. The van der Waals surface area contributed by atoms with Crippen LogP contribution in [0.3, 0.4) is 0 Å². The Morgan fingerprint density at radius 3 is 1.25 bits per heavy atom. The fourth-order valence-corrected chi connectivity index (χ4v) is 3.65. The van der Waals surface area contributed by atoms with Crippen LogP contribution in [0, 0.1) is 0 Å². The number of rotatable bonds is 12. The van der Waals surface area contributed by atoms with Crippen LogP contribution in [0.25, 0.3) is 0 Å². The first-order valence-corrected chi connectivity index (χ1v) is 11.6. The van der Waals surface area contributed by atoms with Crippen molar-refractivity contribution >= 4 is 36.6 Å². The Kier molecular flexibility index (Phi) is 14.5. The molecule has 2 amide bonds. The third kappa shape index (κ3) is 10.8. The third-order valence-electron chi connectivity index (χ3n) is 5.56. The number of amides is 2. The lowest BCUT2D eigenvalue weighted by Gasteiger charge is -2.17. The van der Waals surface area contributed by atoms with Crippen molar-refractivity contribution in [2.45, 2.75) is 13.1 Å². The van der Waals surface area contributed by atoms with Crippen LogP contribution in [0.5, 0.6) is 0 Å².